The van der Waals surface area contributed by atoms with Crippen LogP contribution in [0.2, 0.25) is 0 Å². The lowest BCUT2D eigenvalue weighted by molar-refractivity contribution is 0.644. The van der Waals surface area contributed by atoms with Gasteiger partial charge in [-0.2, -0.15) is 0 Å². The minimum atomic E-state index is 0.628. The monoisotopic (exact) mass is 437 g/mol. The molecule has 31 heavy (non-hydrogen) atoms. The van der Waals surface area contributed by atoms with Crippen molar-refractivity contribution in [2.24, 2.45) is 5.92 Å². The smallest absolute Gasteiger partial charge is 0.0719 e. The molecule has 0 saturated heterocycles. The van der Waals surface area contributed by atoms with Crippen LogP contribution in [-0.2, 0) is 6.42 Å². The standard InChI is InChI=1S/C28H23NS2/c1-16(2)12-18-13-22(29-15-17(18)3)21-14-25-26(19-8-4-6-10-23(19)30-25)27-20-9-5-7-11-24(20)31-28(21)27/h4-11,13-16H,12H2,1-3H3. The van der Waals surface area contributed by atoms with Gasteiger partial charge >= 0.3 is 0 Å². The summed E-state index contributed by atoms with van der Waals surface area (Å²) in [5.74, 6) is 0.628. The molecule has 6 aromatic rings. The van der Waals surface area contributed by atoms with Crippen molar-refractivity contribution in [1.82, 2.24) is 4.98 Å². The number of hydrogen-bond donors (Lipinski definition) is 0. The van der Waals surface area contributed by atoms with Gasteiger partial charge in [0.15, 0.2) is 0 Å². The highest BCUT2D eigenvalue weighted by Gasteiger charge is 2.19. The summed E-state index contributed by atoms with van der Waals surface area (Å²) in [5.41, 5.74) is 5.05. The molecule has 0 aliphatic rings. The molecular formula is C28H23NS2. The van der Waals surface area contributed by atoms with Crippen molar-refractivity contribution in [2.75, 3.05) is 0 Å². The summed E-state index contributed by atoms with van der Waals surface area (Å²) >= 11 is 3.79. The van der Waals surface area contributed by atoms with Gasteiger partial charge in [0.2, 0.25) is 0 Å². The molecule has 0 aliphatic heterocycles. The van der Waals surface area contributed by atoms with Crippen molar-refractivity contribution in [3.8, 4) is 11.3 Å². The average molecular weight is 438 g/mol. The molecule has 152 valence electrons. The lowest BCUT2D eigenvalue weighted by Gasteiger charge is -2.11. The fourth-order valence-corrected chi connectivity index (χ4v) is 7.06. The maximum atomic E-state index is 4.91. The number of rotatable bonds is 3. The van der Waals surface area contributed by atoms with Crippen LogP contribution in [0.5, 0.6) is 0 Å². The second-order valence-corrected chi connectivity index (χ2v) is 10.9. The molecule has 3 heterocycles. The van der Waals surface area contributed by atoms with Gasteiger partial charge in [-0.05, 0) is 54.7 Å². The van der Waals surface area contributed by atoms with Gasteiger partial charge in [-0.1, -0.05) is 50.2 Å². The van der Waals surface area contributed by atoms with Crippen LogP contribution in [-0.4, -0.2) is 4.98 Å². The maximum absolute atomic E-state index is 4.91. The maximum Gasteiger partial charge on any atom is 0.0719 e. The van der Waals surface area contributed by atoms with E-state index in [0.717, 1.165) is 12.1 Å². The van der Waals surface area contributed by atoms with Gasteiger partial charge in [-0.25, -0.2) is 0 Å². The molecule has 0 aliphatic carbocycles. The van der Waals surface area contributed by atoms with E-state index in [1.807, 2.05) is 22.7 Å². The SMILES string of the molecule is Cc1cnc(-c2cc3sc4ccccc4c3c3c2sc2ccccc23)cc1CC(C)C. The van der Waals surface area contributed by atoms with Crippen molar-refractivity contribution in [3.63, 3.8) is 0 Å². The number of aromatic nitrogens is 1. The van der Waals surface area contributed by atoms with Crippen molar-refractivity contribution in [3.05, 3.63) is 78.0 Å². The van der Waals surface area contributed by atoms with Crippen LogP contribution in [0.3, 0.4) is 0 Å². The number of benzene rings is 3. The molecule has 0 spiro atoms. The Balaban J connectivity index is 1.75. The highest BCUT2D eigenvalue weighted by Crippen LogP contribution is 2.48. The van der Waals surface area contributed by atoms with E-state index < -0.39 is 0 Å². The zero-order chi connectivity index (χ0) is 21.1. The molecule has 0 amide bonds. The fourth-order valence-electron chi connectivity index (χ4n) is 4.67. The normalized spacial score (nSPS) is 12.1. The first-order chi connectivity index (χ1) is 15.1. The fraction of sp³-hybridized carbons (Fsp3) is 0.179. The number of nitrogens with zero attached hydrogens (tertiary/aromatic N) is 1. The summed E-state index contributed by atoms with van der Waals surface area (Å²) in [4.78, 5) is 4.91. The summed E-state index contributed by atoms with van der Waals surface area (Å²) in [5, 5.41) is 5.50. The molecule has 0 atom stereocenters. The Morgan fingerprint density at radius 1 is 0.806 bits per heavy atom. The van der Waals surface area contributed by atoms with Crippen molar-refractivity contribution in [1.29, 1.82) is 0 Å². The first kappa shape index (κ1) is 19.0. The van der Waals surface area contributed by atoms with E-state index in [9.17, 15) is 0 Å². The van der Waals surface area contributed by atoms with E-state index in [4.69, 9.17) is 4.98 Å². The third kappa shape index (κ3) is 2.99. The van der Waals surface area contributed by atoms with Crippen LogP contribution in [0.25, 0.3) is 51.6 Å². The molecule has 6 rings (SSSR count). The summed E-state index contributed by atoms with van der Waals surface area (Å²) in [6.07, 6.45) is 3.14. The van der Waals surface area contributed by atoms with Crippen LogP contribution in [0.15, 0.2) is 66.9 Å². The van der Waals surface area contributed by atoms with Gasteiger partial charge < -0.3 is 0 Å². The molecule has 0 radical (unpaired) electrons. The highest BCUT2D eigenvalue weighted by atomic mass is 32.1. The molecule has 1 nitrogen and oxygen atoms in total. The van der Waals surface area contributed by atoms with Crippen LogP contribution >= 0.6 is 22.7 Å². The topological polar surface area (TPSA) is 12.9 Å². The molecular weight excluding hydrogens is 414 g/mol. The van der Waals surface area contributed by atoms with Crippen molar-refractivity contribution < 1.29 is 0 Å². The Morgan fingerprint density at radius 2 is 1.48 bits per heavy atom. The largest absolute Gasteiger partial charge is 0.256 e. The molecule has 0 N–H and O–H groups in total. The lowest BCUT2D eigenvalue weighted by atomic mass is 9.96. The highest BCUT2D eigenvalue weighted by molar-refractivity contribution is 7.28. The summed E-state index contributed by atoms with van der Waals surface area (Å²) in [6, 6.07) is 22.3. The first-order valence-corrected chi connectivity index (χ1v) is 12.4. The molecule has 0 fully saturated rings. The zero-order valence-corrected chi connectivity index (χ0v) is 19.5. The van der Waals surface area contributed by atoms with Gasteiger partial charge in [0.25, 0.3) is 0 Å². The van der Waals surface area contributed by atoms with Gasteiger partial charge in [-0.3, -0.25) is 4.98 Å². The number of aryl methyl sites for hydroxylation is 1. The molecule has 3 heteroatoms. The average Bonchev–Trinajstić information content (AvgIpc) is 3.32. The Labute approximate surface area is 190 Å². The summed E-state index contributed by atoms with van der Waals surface area (Å²) in [7, 11) is 0. The quantitative estimate of drug-likeness (QED) is 0.269. The Morgan fingerprint density at radius 3 is 2.23 bits per heavy atom. The Bertz CT molecular complexity index is 1600. The van der Waals surface area contributed by atoms with Gasteiger partial charge in [0, 0.05) is 52.1 Å². The predicted molar refractivity (Wildman–Crippen MR) is 139 cm³/mol. The lowest BCUT2D eigenvalue weighted by Crippen LogP contribution is -1.99. The zero-order valence-electron chi connectivity index (χ0n) is 17.9. The number of thiophene rings is 2. The number of pyridine rings is 1. The van der Waals surface area contributed by atoms with E-state index in [-0.39, 0.29) is 0 Å². The van der Waals surface area contributed by atoms with Gasteiger partial charge in [0.05, 0.1) is 5.69 Å². The van der Waals surface area contributed by atoms with E-state index in [2.05, 4.69) is 87.6 Å². The summed E-state index contributed by atoms with van der Waals surface area (Å²) in [6.45, 7) is 6.75. The first-order valence-electron chi connectivity index (χ1n) is 10.8. The number of fused-ring (bicyclic) bond motifs is 7. The van der Waals surface area contributed by atoms with Crippen LogP contribution in [0.4, 0.5) is 0 Å². The third-order valence-electron chi connectivity index (χ3n) is 6.11. The van der Waals surface area contributed by atoms with Gasteiger partial charge in [-0.15, -0.1) is 22.7 Å². The van der Waals surface area contributed by atoms with Crippen LogP contribution in [0.1, 0.15) is 25.0 Å². The van der Waals surface area contributed by atoms with Gasteiger partial charge in [0.1, 0.15) is 0 Å². The molecule has 0 unspecified atom stereocenters. The van der Waals surface area contributed by atoms with E-state index in [0.29, 0.717) is 5.92 Å². The van der Waals surface area contributed by atoms with Crippen LogP contribution < -0.4 is 0 Å². The minimum absolute atomic E-state index is 0.628. The van der Waals surface area contributed by atoms with Crippen molar-refractivity contribution in [2.45, 2.75) is 27.2 Å². The van der Waals surface area contributed by atoms with Crippen LogP contribution in [0, 0.1) is 12.8 Å². The minimum Gasteiger partial charge on any atom is -0.256 e. The third-order valence-corrected chi connectivity index (χ3v) is 8.43. The Kier molecular flexibility index (Phi) is 4.38. The molecule has 3 aromatic carbocycles. The van der Waals surface area contributed by atoms with E-state index in [1.54, 1.807) is 0 Å². The molecule has 0 bridgehead atoms. The van der Waals surface area contributed by atoms with E-state index >= 15 is 0 Å². The molecule has 0 saturated carbocycles. The van der Waals surface area contributed by atoms with E-state index in [1.165, 1.54) is 57.0 Å². The molecule has 3 aromatic heterocycles. The number of hydrogen-bond acceptors (Lipinski definition) is 3. The Hall–Kier alpha value is -2.75. The predicted octanol–water partition coefficient (Wildman–Crippen LogP) is 8.99. The van der Waals surface area contributed by atoms with Crippen molar-refractivity contribution >= 4 is 63.0 Å². The second kappa shape index (κ2) is 7.15. The summed E-state index contributed by atoms with van der Waals surface area (Å²) < 4.78 is 5.39. The second-order valence-electron chi connectivity index (χ2n) is 8.79.